The van der Waals surface area contributed by atoms with Crippen LogP contribution in [0.5, 0.6) is 0 Å². The second kappa shape index (κ2) is 5.13. The van der Waals surface area contributed by atoms with Gasteiger partial charge in [0, 0.05) is 0 Å². The molecule has 0 aromatic heterocycles. The molecule has 1 atom stereocenters. The summed E-state index contributed by atoms with van der Waals surface area (Å²) >= 11 is 0. The number of hydrogen-bond donors (Lipinski definition) is 2. The van der Waals surface area contributed by atoms with Gasteiger partial charge in [-0.05, 0) is 30.5 Å². The van der Waals surface area contributed by atoms with E-state index in [-0.39, 0.29) is 6.04 Å². The quantitative estimate of drug-likeness (QED) is 0.624. The fraction of sp³-hybridized carbons (Fsp3) is 0.200. The second-order valence-electron chi connectivity index (χ2n) is 4.37. The molecule has 0 aliphatic rings. The molecule has 2 nitrogen and oxygen atoms in total. The summed E-state index contributed by atoms with van der Waals surface area (Å²) in [5.74, 6) is 5.71. The molecule has 0 unspecified atom stereocenters. The molecule has 0 amide bonds. The van der Waals surface area contributed by atoms with Crippen LogP contribution in [0.25, 0.3) is 0 Å². The number of hydrogen-bond acceptors (Lipinski definition) is 2. The van der Waals surface area contributed by atoms with Crippen LogP contribution in [0.4, 0.5) is 0 Å². The lowest BCUT2D eigenvalue weighted by atomic mass is 9.94. The first kappa shape index (κ1) is 11.8. The fourth-order valence-electron chi connectivity index (χ4n) is 2.08. The van der Waals surface area contributed by atoms with Gasteiger partial charge >= 0.3 is 0 Å². The highest BCUT2D eigenvalue weighted by Crippen LogP contribution is 2.24. The van der Waals surface area contributed by atoms with Crippen molar-refractivity contribution in [1.82, 2.24) is 5.43 Å². The van der Waals surface area contributed by atoms with E-state index in [1.165, 1.54) is 22.3 Å². The van der Waals surface area contributed by atoms with Crippen molar-refractivity contribution in [2.75, 3.05) is 0 Å². The Morgan fingerprint density at radius 1 is 1.00 bits per heavy atom. The summed E-state index contributed by atoms with van der Waals surface area (Å²) in [5, 5.41) is 0. The molecule has 0 bridgehead atoms. The van der Waals surface area contributed by atoms with Gasteiger partial charge in [-0.2, -0.15) is 0 Å². The normalized spacial score (nSPS) is 12.4. The maximum atomic E-state index is 5.71. The number of rotatable bonds is 3. The number of nitrogens with one attached hydrogen (secondary N) is 1. The van der Waals surface area contributed by atoms with Crippen molar-refractivity contribution in [2.24, 2.45) is 5.84 Å². The smallest absolute Gasteiger partial charge is 0.0712 e. The zero-order valence-electron chi connectivity index (χ0n) is 10.3. The van der Waals surface area contributed by atoms with Crippen LogP contribution in [0, 0.1) is 13.8 Å². The van der Waals surface area contributed by atoms with Crippen molar-refractivity contribution in [3.8, 4) is 0 Å². The van der Waals surface area contributed by atoms with Crippen molar-refractivity contribution in [2.45, 2.75) is 19.9 Å². The lowest BCUT2D eigenvalue weighted by Crippen LogP contribution is -2.29. The number of hydrazine groups is 1. The van der Waals surface area contributed by atoms with E-state index in [1.54, 1.807) is 0 Å². The summed E-state index contributed by atoms with van der Waals surface area (Å²) in [6, 6.07) is 16.8. The Balaban J connectivity index is 2.46. The van der Waals surface area contributed by atoms with E-state index in [1.807, 2.05) is 18.2 Å². The van der Waals surface area contributed by atoms with E-state index in [2.05, 4.69) is 49.6 Å². The molecule has 2 heteroatoms. The third-order valence-corrected chi connectivity index (χ3v) is 3.05. The molecule has 0 aliphatic heterocycles. The molecule has 88 valence electrons. The molecular formula is C15H18N2. The van der Waals surface area contributed by atoms with Crippen LogP contribution in [0.3, 0.4) is 0 Å². The Hall–Kier alpha value is -1.64. The zero-order valence-corrected chi connectivity index (χ0v) is 10.3. The number of benzene rings is 2. The standard InChI is InChI=1S/C15H18N2/c1-11-8-9-12(2)14(10-11)15(17-16)13-6-4-3-5-7-13/h3-10,15,17H,16H2,1-2H3/t15-/m1/s1. The van der Waals surface area contributed by atoms with Gasteiger partial charge in [-0.1, -0.05) is 54.1 Å². The average Bonchev–Trinajstić information content (AvgIpc) is 2.36. The maximum absolute atomic E-state index is 5.71. The van der Waals surface area contributed by atoms with Gasteiger partial charge < -0.3 is 0 Å². The van der Waals surface area contributed by atoms with E-state index in [0.29, 0.717) is 0 Å². The van der Waals surface area contributed by atoms with Crippen molar-refractivity contribution in [3.05, 3.63) is 70.8 Å². The van der Waals surface area contributed by atoms with Crippen LogP contribution < -0.4 is 11.3 Å². The topological polar surface area (TPSA) is 38.0 Å². The second-order valence-corrected chi connectivity index (χ2v) is 4.37. The van der Waals surface area contributed by atoms with E-state index in [4.69, 9.17) is 5.84 Å². The van der Waals surface area contributed by atoms with Gasteiger partial charge in [0.05, 0.1) is 6.04 Å². The molecule has 0 aliphatic carbocycles. The monoisotopic (exact) mass is 226 g/mol. The van der Waals surface area contributed by atoms with Crippen molar-refractivity contribution >= 4 is 0 Å². The molecule has 2 rings (SSSR count). The Bertz CT molecular complexity index is 492. The van der Waals surface area contributed by atoms with Crippen LogP contribution in [-0.4, -0.2) is 0 Å². The van der Waals surface area contributed by atoms with Crippen molar-refractivity contribution in [3.63, 3.8) is 0 Å². The molecule has 2 aromatic rings. The van der Waals surface area contributed by atoms with Crippen molar-refractivity contribution < 1.29 is 0 Å². The summed E-state index contributed by atoms with van der Waals surface area (Å²) in [4.78, 5) is 0. The zero-order chi connectivity index (χ0) is 12.3. The Morgan fingerprint density at radius 3 is 2.35 bits per heavy atom. The summed E-state index contributed by atoms with van der Waals surface area (Å²) < 4.78 is 0. The fourth-order valence-corrected chi connectivity index (χ4v) is 2.08. The highest BCUT2D eigenvalue weighted by molar-refractivity contribution is 5.38. The summed E-state index contributed by atoms with van der Waals surface area (Å²) in [7, 11) is 0. The first-order valence-electron chi connectivity index (χ1n) is 5.80. The molecule has 0 saturated heterocycles. The number of aryl methyl sites for hydroxylation is 2. The lowest BCUT2D eigenvalue weighted by Gasteiger charge is -2.19. The highest BCUT2D eigenvalue weighted by atomic mass is 15.2. The van der Waals surface area contributed by atoms with Gasteiger partial charge in [0.15, 0.2) is 0 Å². The Morgan fingerprint density at radius 2 is 1.71 bits per heavy atom. The molecule has 0 heterocycles. The molecule has 2 aromatic carbocycles. The first-order valence-corrected chi connectivity index (χ1v) is 5.80. The molecule has 17 heavy (non-hydrogen) atoms. The molecule has 0 radical (unpaired) electrons. The van der Waals surface area contributed by atoms with Gasteiger partial charge in [0.25, 0.3) is 0 Å². The highest BCUT2D eigenvalue weighted by Gasteiger charge is 2.14. The van der Waals surface area contributed by atoms with Crippen LogP contribution in [0.2, 0.25) is 0 Å². The van der Waals surface area contributed by atoms with E-state index >= 15 is 0 Å². The third kappa shape index (κ3) is 2.54. The first-order chi connectivity index (χ1) is 8.22. The van der Waals surface area contributed by atoms with Gasteiger partial charge in [0.1, 0.15) is 0 Å². The molecular weight excluding hydrogens is 208 g/mol. The number of nitrogens with two attached hydrogens (primary N) is 1. The molecule has 0 fully saturated rings. The SMILES string of the molecule is Cc1ccc(C)c([C@H](NN)c2ccccc2)c1. The molecule has 0 saturated carbocycles. The van der Waals surface area contributed by atoms with Gasteiger partial charge in [-0.15, -0.1) is 0 Å². The summed E-state index contributed by atoms with van der Waals surface area (Å²) in [6.45, 7) is 4.21. The van der Waals surface area contributed by atoms with Gasteiger partial charge in [-0.3, -0.25) is 5.84 Å². The minimum absolute atomic E-state index is 0.0519. The molecule has 0 spiro atoms. The summed E-state index contributed by atoms with van der Waals surface area (Å²) in [6.07, 6.45) is 0. The van der Waals surface area contributed by atoms with Crippen LogP contribution in [0.15, 0.2) is 48.5 Å². The lowest BCUT2D eigenvalue weighted by molar-refractivity contribution is 0.633. The van der Waals surface area contributed by atoms with Gasteiger partial charge in [-0.25, -0.2) is 5.43 Å². The van der Waals surface area contributed by atoms with E-state index in [9.17, 15) is 0 Å². The van der Waals surface area contributed by atoms with Crippen molar-refractivity contribution in [1.29, 1.82) is 0 Å². The minimum atomic E-state index is 0.0519. The van der Waals surface area contributed by atoms with Crippen LogP contribution in [0.1, 0.15) is 28.3 Å². The van der Waals surface area contributed by atoms with Crippen LogP contribution in [-0.2, 0) is 0 Å². The third-order valence-electron chi connectivity index (χ3n) is 3.05. The van der Waals surface area contributed by atoms with Gasteiger partial charge in [0.2, 0.25) is 0 Å². The van der Waals surface area contributed by atoms with Crippen LogP contribution >= 0.6 is 0 Å². The minimum Gasteiger partial charge on any atom is -0.271 e. The molecule has 3 N–H and O–H groups in total. The predicted molar refractivity (Wildman–Crippen MR) is 71.5 cm³/mol. The largest absolute Gasteiger partial charge is 0.271 e. The average molecular weight is 226 g/mol. The van der Waals surface area contributed by atoms with E-state index < -0.39 is 0 Å². The predicted octanol–water partition coefficient (Wildman–Crippen LogP) is 2.86. The Labute approximate surface area is 102 Å². The maximum Gasteiger partial charge on any atom is 0.0712 e. The summed E-state index contributed by atoms with van der Waals surface area (Å²) in [5.41, 5.74) is 7.83. The Kier molecular flexibility index (Phi) is 3.57. The van der Waals surface area contributed by atoms with E-state index in [0.717, 1.165) is 0 Å².